The van der Waals surface area contributed by atoms with Gasteiger partial charge in [-0.15, -0.1) is 11.8 Å². The van der Waals surface area contributed by atoms with E-state index in [1.54, 1.807) is 7.05 Å². The maximum absolute atomic E-state index is 9.24. The van der Waals surface area contributed by atoms with Gasteiger partial charge in [-0.3, -0.25) is 0 Å². The van der Waals surface area contributed by atoms with Crippen LogP contribution in [0.3, 0.4) is 0 Å². The first-order chi connectivity index (χ1) is 7.69. The molecule has 6 heteroatoms. The first-order valence-electron chi connectivity index (χ1n) is 5.17. The zero-order valence-corrected chi connectivity index (χ0v) is 10.3. The van der Waals surface area contributed by atoms with Crippen molar-refractivity contribution >= 4 is 17.6 Å². The third-order valence-corrected chi connectivity index (χ3v) is 3.01. The number of nitrogens with zero attached hydrogens (tertiary/aromatic N) is 2. The minimum absolute atomic E-state index is 0.225. The number of hydrogen-bond donors (Lipinski definition) is 3. The maximum atomic E-state index is 9.24. The molecule has 5 nitrogen and oxygen atoms in total. The van der Waals surface area contributed by atoms with Crippen LogP contribution in [0.1, 0.15) is 12.7 Å². The Morgan fingerprint density at radius 2 is 2.25 bits per heavy atom. The Hall–Kier alpha value is -0.850. The Labute approximate surface area is 99.3 Å². The van der Waals surface area contributed by atoms with Gasteiger partial charge in [-0.1, -0.05) is 6.92 Å². The van der Waals surface area contributed by atoms with Crippen LogP contribution in [0, 0.1) is 0 Å². The van der Waals surface area contributed by atoms with E-state index in [0.29, 0.717) is 5.75 Å². The smallest absolute Gasteiger partial charge is 0.131 e. The van der Waals surface area contributed by atoms with Crippen LogP contribution in [-0.2, 0) is 6.42 Å². The average Bonchev–Trinajstić information content (AvgIpc) is 2.35. The van der Waals surface area contributed by atoms with Gasteiger partial charge in [0.2, 0.25) is 0 Å². The van der Waals surface area contributed by atoms with E-state index in [2.05, 4.69) is 15.3 Å². The van der Waals surface area contributed by atoms with Crippen LogP contribution < -0.4 is 5.32 Å². The molecule has 0 saturated heterocycles. The molecule has 0 saturated carbocycles. The fourth-order valence-corrected chi connectivity index (χ4v) is 1.90. The largest absolute Gasteiger partial charge is 0.394 e. The molecule has 0 spiro atoms. The number of thioether (sulfide) groups is 1. The second-order valence-corrected chi connectivity index (χ2v) is 4.30. The molecule has 0 aliphatic heterocycles. The number of nitrogens with one attached hydrogen (secondary N) is 1. The van der Waals surface area contributed by atoms with Crippen LogP contribution in [0.2, 0.25) is 0 Å². The second-order valence-electron chi connectivity index (χ2n) is 3.26. The number of aliphatic hydroxyl groups excluding tert-OH is 2. The molecule has 1 aromatic rings. The summed E-state index contributed by atoms with van der Waals surface area (Å²) < 4.78 is 0. The average molecular weight is 243 g/mol. The molecule has 0 bridgehead atoms. The van der Waals surface area contributed by atoms with Crippen molar-refractivity contribution in [1.82, 2.24) is 9.97 Å². The van der Waals surface area contributed by atoms with Gasteiger partial charge in [0.15, 0.2) is 0 Å². The summed E-state index contributed by atoms with van der Waals surface area (Å²) in [6, 6.07) is 1.83. The quantitative estimate of drug-likeness (QED) is 0.499. The third-order valence-electron chi connectivity index (χ3n) is 1.96. The number of anilines is 1. The Morgan fingerprint density at radius 1 is 1.50 bits per heavy atom. The van der Waals surface area contributed by atoms with Crippen LogP contribution in [0.5, 0.6) is 0 Å². The van der Waals surface area contributed by atoms with E-state index >= 15 is 0 Å². The predicted octanol–water partition coefficient (Wildman–Crippen LogP) is 0.526. The van der Waals surface area contributed by atoms with Crippen molar-refractivity contribution in [2.45, 2.75) is 24.5 Å². The molecule has 3 N–H and O–H groups in total. The predicted molar refractivity (Wildman–Crippen MR) is 64.8 cm³/mol. The highest BCUT2D eigenvalue weighted by Gasteiger charge is 2.06. The SMILES string of the molecule is CCc1nc(NC)cc(SCC(O)CO)n1. The van der Waals surface area contributed by atoms with Crippen LogP contribution in [0.4, 0.5) is 5.82 Å². The first kappa shape index (κ1) is 13.2. The van der Waals surface area contributed by atoms with Gasteiger partial charge in [-0.25, -0.2) is 9.97 Å². The summed E-state index contributed by atoms with van der Waals surface area (Å²) in [6.45, 7) is 1.77. The topological polar surface area (TPSA) is 78.3 Å². The summed E-state index contributed by atoms with van der Waals surface area (Å²) in [4.78, 5) is 8.60. The summed E-state index contributed by atoms with van der Waals surface area (Å²) in [5.74, 6) is 1.97. The normalized spacial score (nSPS) is 12.5. The van der Waals surface area contributed by atoms with Crippen molar-refractivity contribution < 1.29 is 10.2 Å². The zero-order valence-electron chi connectivity index (χ0n) is 9.47. The van der Waals surface area contributed by atoms with Gasteiger partial charge in [0.25, 0.3) is 0 Å². The highest BCUT2D eigenvalue weighted by atomic mass is 32.2. The molecule has 0 fully saturated rings. The number of aliphatic hydroxyl groups is 2. The van der Waals surface area contributed by atoms with Gasteiger partial charge >= 0.3 is 0 Å². The molecule has 1 atom stereocenters. The summed E-state index contributed by atoms with van der Waals surface area (Å²) in [6.07, 6.45) is 0.0640. The first-order valence-corrected chi connectivity index (χ1v) is 6.15. The summed E-state index contributed by atoms with van der Waals surface area (Å²) >= 11 is 1.41. The molecule has 1 rings (SSSR count). The van der Waals surface area contributed by atoms with Gasteiger partial charge in [0, 0.05) is 25.3 Å². The fraction of sp³-hybridized carbons (Fsp3) is 0.600. The molecule has 90 valence electrons. The van der Waals surface area contributed by atoms with Crippen molar-refractivity contribution in [1.29, 1.82) is 0 Å². The lowest BCUT2D eigenvalue weighted by Gasteiger charge is -2.08. The summed E-state index contributed by atoms with van der Waals surface area (Å²) in [7, 11) is 1.80. The standard InChI is InChI=1S/C10H17N3O2S/c1-3-8-12-9(11-2)4-10(13-8)16-6-7(15)5-14/h4,7,14-15H,3,5-6H2,1-2H3,(H,11,12,13). The second kappa shape index (κ2) is 6.67. The van der Waals surface area contributed by atoms with Crippen LogP contribution in [0.25, 0.3) is 0 Å². The van der Waals surface area contributed by atoms with Crippen LogP contribution in [0.15, 0.2) is 11.1 Å². The van der Waals surface area contributed by atoms with Gasteiger partial charge in [0.1, 0.15) is 16.7 Å². The van der Waals surface area contributed by atoms with Crippen molar-refractivity contribution in [3.05, 3.63) is 11.9 Å². The van der Waals surface area contributed by atoms with E-state index in [-0.39, 0.29) is 6.61 Å². The van der Waals surface area contributed by atoms with Gasteiger partial charge < -0.3 is 15.5 Å². The third kappa shape index (κ3) is 3.96. The zero-order chi connectivity index (χ0) is 12.0. The number of aromatic nitrogens is 2. The van der Waals surface area contributed by atoms with Gasteiger partial charge in [0.05, 0.1) is 12.7 Å². The molecular formula is C10H17N3O2S. The molecule has 0 aliphatic carbocycles. The lowest BCUT2D eigenvalue weighted by molar-refractivity contribution is 0.113. The lowest BCUT2D eigenvalue weighted by Crippen LogP contribution is -2.14. The maximum Gasteiger partial charge on any atom is 0.131 e. The van der Waals surface area contributed by atoms with E-state index in [0.717, 1.165) is 23.1 Å². The lowest BCUT2D eigenvalue weighted by atomic mass is 10.4. The number of hydrogen-bond acceptors (Lipinski definition) is 6. The Morgan fingerprint density at radius 3 is 2.81 bits per heavy atom. The fourth-order valence-electron chi connectivity index (χ4n) is 1.07. The monoisotopic (exact) mass is 243 g/mol. The van der Waals surface area contributed by atoms with E-state index in [1.807, 2.05) is 13.0 Å². The Kier molecular flexibility index (Phi) is 5.51. The number of rotatable bonds is 6. The summed E-state index contributed by atoms with van der Waals surface area (Å²) in [5, 5.41) is 21.7. The van der Waals surface area contributed by atoms with E-state index in [9.17, 15) is 5.11 Å². The molecule has 0 aliphatic rings. The van der Waals surface area contributed by atoms with Crippen molar-refractivity contribution in [2.24, 2.45) is 0 Å². The van der Waals surface area contributed by atoms with Crippen molar-refractivity contribution in [3.8, 4) is 0 Å². The van der Waals surface area contributed by atoms with Crippen molar-refractivity contribution in [3.63, 3.8) is 0 Å². The summed E-state index contributed by atoms with van der Waals surface area (Å²) in [5.41, 5.74) is 0. The van der Waals surface area contributed by atoms with Crippen molar-refractivity contribution in [2.75, 3.05) is 24.7 Å². The number of aryl methyl sites for hydroxylation is 1. The highest BCUT2D eigenvalue weighted by molar-refractivity contribution is 7.99. The van der Waals surface area contributed by atoms with Gasteiger partial charge in [-0.05, 0) is 0 Å². The molecule has 16 heavy (non-hydrogen) atoms. The van der Waals surface area contributed by atoms with E-state index < -0.39 is 6.10 Å². The van der Waals surface area contributed by atoms with Gasteiger partial charge in [-0.2, -0.15) is 0 Å². The Balaban J connectivity index is 2.71. The molecule has 0 amide bonds. The Bertz CT molecular complexity index is 314. The molecule has 1 aromatic heterocycles. The molecule has 1 unspecified atom stereocenters. The van der Waals surface area contributed by atoms with Crippen LogP contribution in [-0.4, -0.2) is 45.7 Å². The minimum Gasteiger partial charge on any atom is -0.394 e. The van der Waals surface area contributed by atoms with E-state index in [1.165, 1.54) is 11.8 Å². The minimum atomic E-state index is -0.705. The van der Waals surface area contributed by atoms with Crippen LogP contribution >= 0.6 is 11.8 Å². The van der Waals surface area contributed by atoms with E-state index in [4.69, 9.17) is 5.11 Å². The molecule has 1 heterocycles. The molecule has 0 radical (unpaired) electrons. The molecular weight excluding hydrogens is 226 g/mol. The molecule has 0 aromatic carbocycles. The highest BCUT2D eigenvalue weighted by Crippen LogP contribution is 2.19.